The SMILES string of the molecule is CNC.[CH2-]Cc1[c-]cccc1.[Y].c1ccc2c(c1)CCO2. The topological polar surface area (TPSA) is 21.3 Å². The van der Waals surface area contributed by atoms with Crippen LogP contribution in [-0.2, 0) is 45.6 Å². The third kappa shape index (κ3) is 8.35. The average Bonchev–Trinajstić information content (AvgIpc) is 2.98. The Labute approximate surface area is 154 Å². The van der Waals surface area contributed by atoms with Crippen LogP contribution in [-0.4, -0.2) is 20.7 Å². The number of hydrogen-bond acceptors (Lipinski definition) is 2. The molecule has 3 heteroatoms. The van der Waals surface area contributed by atoms with Gasteiger partial charge in [-0.05, 0) is 25.7 Å². The van der Waals surface area contributed by atoms with Crippen molar-refractivity contribution in [2.24, 2.45) is 0 Å². The number of para-hydroxylation sites is 1. The van der Waals surface area contributed by atoms with Gasteiger partial charge in [0.15, 0.2) is 0 Å². The fraction of sp³-hybridized carbons (Fsp3) is 0.278. The molecule has 1 aliphatic rings. The molecule has 0 atom stereocenters. The van der Waals surface area contributed by atoms with Gasteiger partial charge in [-0.3, -0.25) is 0 Å². The summed E-state index contributed by atoms with van der Waals surface area (Å²) in [6.07, 6.45) is 1.91. The normalized spacial score (nSPS) is 10.6. The summed E-state index contributed by atoms with van der Waals surface area (Å²) >= 11 is 0. The molecule has 1 heterocycles. The molecule has 21 heavy (non-hydrogen) atoms. The van der Waals surface area contributed by atoms with Gasteiger partial charge in [0, 0.05) is 39.1 Å². The van der Waals surface area contributed by atoms with E-state index in [1.807, 2.05) is 56.6 Å². The van der Waals surface area contributed by atoms with E-state index in [-0.39, 0.29) is 32.7 Å². The Morgan fingerprint density at radius 3 is 2.33 bits per heavy atom. The summed E-state index contributed by atoms with van der Waals surface area (Å²) in [5.41, 5.74) is 2.52. The number of fused-ring (bicyclic) bond motifs is 1. The van der Waals surface area contributed by atoms with Gasteiger partial charge in [-0.2, -0.15) is 42.3 Å². The van der Waals surface area contributed by atoms with Crippen molar-refractivity contribution in [1.29, 1.82) is 0 Å². The Bertz CT molecular complexity index is 451. The molecular formula is C18H23NOY-2. The molecule has 0 bridgehead atoms. The van der Waals surface area contributed by atoms with Crippen LogP contribution in [0.15, 0.2) is 48.5 Å². The molecule has 2 nitrogen and oxygen atoms in total. The summed E-state index contributed by atoms with van der Waals surface area (Å²) in [4.78, 5) is 0. The average molecular weight is 358 g/mol. The van der Waals surface area contributed by atoms with Crippen molar-refractivity contribution < 1.29 is 37.4 Å². The van der Waals surface area contributed by atoms with Crippen molar-refractivity contribution in [3.8, 4) is 5.75 Å². The molecular weight excluding hydrogens is 335 g/mol. The van der Waals surface area contributed by atoms with Gasteiger partial charge in [0.25, 0.3) is 0 Å². The second-order valence-electron chi connectivity index (χ2n) is 4.34. The molecule has 1 aliphatic heterocycles. The molecule has 3 rings (SSSR count). The summed E-state index contributed by atoms with van der Waals surface area (Å²) in [5, 5.41) is 2.75. The van der Waals surface area contributed by atoms with Crippen LogP contribution in [0.3, 0.4) is 0 Å². The number of nitrogens with one attached hydrogen (secondary N) is 1. The molecule has 0 spiro atoms. The monoisotopic (exact) mass is 358 g/mol. The fourth-order valence-corrected chi connectivity index (χ4v) is 1.71. The van der Waals surface area contributed by atoms with E-state index >= 15 is 0 Å². The zero-order chi connectivity index (χ0) is 14.6. The van der Waals surface area contributed by atoms with Gasteiger partial charge in [-0.25, -0.2) is 0 Å². The molecule has 0 fully saturated rings. The molecule has 1 N–H and O–H groups in total. The van der Waals surface area contributed by atoms with Crippen LogP contribution in [0.1, 0.15) is 11.1 Å². The van der Waals surface area contributed by atoms with E-state index in [0.717, 1.165) is 25.2 Å². The third-order valence-corrected chi connectivity index (χ3v) is 2.64. The van der Waals surface area contributed by atoms with Gasteiger partial charge in [0.1, 0.15) is 5.75 Å². The summed E-state index contributed by atoms with van der Waals surface area (Å²) in [7, 11) is 3.75. The van der Waals surface area contributed by atoms with Crippen LogP contribution in [0.5, 0.6) is 5.75 Å². The third-order valence-electron chi connectivity index (χ3n) is 2.64. The van der Waals surface area contributed by atoms with Crippen molar-refractivity contribution in [2.75, 3.05) is 20.7 Å². The van der Waals surface area contributed by atoms with Crippen molar-refractivity contribution in [2.45, 2.75) is 12.8 Å². The minimum absolute atomic E-state index is 0. The van der Waals surface area contributed by atoms with E-state index in [0.29, 0.717) is 0 Å². The summed E-state index contributed by atoms with van der Waals surface area (Å²) in [6.45, 7) is 4.59. The zero-order valence-electron chi connectivity index (χ0n) is 12.9. The van der Waals surface area contributed by atoms with E-state index in [1.165, 1.54) is 11.1 Å². The summed E-state index contributed by atoms with van der Waals surface area (Å²) < 4.78 is 5.30. The van der Waals surface area contributed by atoms with Gasteiger partial charge in [0.05, 0.1) is 6.61 Å². The molecule has 0 aromatic heterocycles. The maximum Gasteiger partial charge on any atom is 0.122 e. The predicted molar refractivity (Wildman–Crippen MR) is 85.0 cm³/mol. The molecule has 111 valence electrons. The minimum atomic E-state index is 0. The fourth-order valence-electron chi connectivity index (χ4n) is 1.71. The maximum atomic E-state index is 5.30. The summed E-state index contributed by atoms with van der Waals surface area (Å²) in [5.74, 6) is 1.07. The Balaban J connectivity index is 0.000000312. The first-order valence-electron chi connectivity index (χ1n) is 6.85. The van der Waals surface area contributed by atoms with Gasteiger partial charge in [0.2, 0.25) is 0 Å². The Hall–Kier alpha value is -0.696. The van der Waals surface area contributed by atoms with E-state index in [9.17, 15) is 0 Å². The van der Waals surface area contributed by atoms with Gasteiger partial charge in [-0.15, -0.1) is 0 Å². The Morgan fingerprint density at radius 1 is 1.14 bits per heavy atom. The largest absolute Gasteiger partial charge is 0.493 e. The molecule has 0 amide bonds. The molecule has 0 unspecified atom stereocenters. The summed E-state index contributed by atoms with van der Waals surface area (Å²) in [6, 6.07) is 19.1. The van der Waals surface area contributed by atoms with E-state index in [1.54, 1.807) is 0 Å². The molecule has 0 saturated heterocycles. The molecule has 0 saturated carbocycles. The van der Waals surface area contributed by atoms with Crippen LogP contribution in [0, 0.1) is 13.0 Å². The molecule has 0 aliphatic carbocycles. The molecule has 2 aromatic carbocycles. The number of benzene rings is 2. The van der Waals surface area contributed by atoms with Crippen molar-refractivity contribution >= 4 is 0 Å². The van der Waals surface area contributed by atoms with Crippen LogP contribution in [0.25, 0.3) is 0 Å². The number of ether oxygens (including phenoxy) is 1. The molecule has 2 aromatic rings. The van der Waals surface area contributed by atoms with Crippen molar-refractivity contribution in [3.63, 3.8) is 0 Å². The second kappa shape index (κ2) is 13.0. The first-order chi connectivity index (χ1) is 9.81. The van der Waals surface area contributed by atoms with Crippen LogP contribution in [0.2, 0.25) is 0 Å². The number of hydrogen-bond donors (Lipinski definition) is 1. The van der Waals surface area contributed by atoms with Crippen LogP contribution in [0.4, 0.5) is 0 Å². The zero-order valence-corrected chi connectivity index (χ0v) is 15.8. The van der Waals surface area contributed by atoms with Crippen LogP contribution < -0.4 is 10.1 Å². The first kappa shape index (κ1) is 20.3. The first-order valence-corrected chi connectivity index (χ1v) is 6.85. The van der Waals surface area contributed by atoms with E-state index in [2.05, 4.69) is 24.4 Å². The second-order valence-corrected chi connectivity index (χ2v) is 4.34. The molecule has 1 radical (unpaired) electrons. The van der Waals surface area contributed by atoms with Crippen molar-refractivity contribution in [3.05, 3.63) is 72.6 Å². The van der Waals surface area contributed by atoms with Gasteiger partial charge in [-0.1, -0.05) is 18.2 Å². The van der Waals surface area contributed by atoms with Crippen LogP contribution >= 0.6 is 0 Å². The van der Waals surface area contributed by atoms with E-state index < -0.39 is 0 Å². The Morgan fingerprint density at radius 2 is 1.81 bits per heavy atom. The van der Waals surface area contributed by atoms with E-state index in [4.69, 9.17) is 4.74 Å². The van der Waals surface area contributed by atoms with Gasteiger partial charge >= 0.3 is 0 Å². The smallest absolute Gasteiger partial charge is 0.122 e. The maximum absolute atomic E-state index is 5.30. The van der Waals surface area contributed by atoms with Gasteiger partial charge < -0.3 is 17.0 Å². The standard InChI is InChI=1S/C8H8O.C8H8.C2H7N.Y/c1-2-4-8-7(3-1)5-6-9-8;1-2-8-6-4-3-5-7-8;1-3-2;/h1-4H,5-6H2;3-6H,1-2H2;3H,1-2H3;/q;-2;;. The van der Waals surface area contributed by atoms with Crippen molar-refractivity contribution in [1.82, 2.24) is 5.32 Å². The quantitative estimate of drug-likeness (QED) is 0.790. The Kier molecular flexibility index (Phi) is 12.6. The minimum Gasteiger partial charge on any atom is -0.493 e. The number of rotatable bonds is 1. The predicted octanol–water partition coefficient (Wildman–Crippen LogP) is 3.32.